The summed E-state index contributed by atoms with van der Waals surface area (Å²) in [5.41, 5.74) is 0. The number of hydrogen-bond acceptors (Lipinski definition) is 0. The molecule has 0 heterocycles. The summed E-state index contributed by atoms with van der Waals surface area (Å²) in [7, 11) is 2.34. The van der Waals surface area contributed by atoms with Crippen molar-refractivity contribution in [3.8, 4) is 0 Å². The maximum Gasteiger partial charge on any atom is 0.101 e. The second-order valence-corrected chi connectivity index (χ2v) is 6.96. The first kappa shape index (κ1) is 14.5. The van der Waals surface area contributed by atoms with E-state index in [1.807, 2.05) is 0 Å². The van der Waals surface area contributed by atoms with E-state index in [0.29, 0.717) is 0 Å². The Bertz CT molecular complexity index is 184. The van der Waals surface area contributed by atoms with Gasteiger partial charge in [-0.05, 0) is 24.2 Å². The fraction of sp³-hybridized carbons (Fsp3) is 1.00. The molecule has 2 rings (SSSR count). The Morgan fingerprint density at radius 1 is 0.722 bits per heavy atom. The molecule has 0 amide bonds. The molecular formula is C17H33B. The van der Waals surface area contributed by atoms with Gasteiger partial charge in [0.05, 0.1) is 0 Å². The van der Waals surface area contributed by atoms with E-state index in [2.05, 4.69) is 7.85 Å². The maximum atomic E-state index is 2.34. The highest BCUT2D eigenvalue weighted by Gasteiger charge is 2.30. The molecule has 0 saturated heterocycles. The summed E-state index contributed by atoms with van der Waals surface area (Å²) in [4.78, 5) is 0. The summed E-state index contributed by atoms with van der Waals surface area (Å²) in [5.74, 6) is 3.33. The molecule has 0 aromatic heterocycles. The van der Waals surface area contributed by atoms with E-state index in [4.69, 9.17) is 0 Å². The van der Waals surface area contributed by atoms with Gasteiger partial charge in [0.15, 0.2) is 0 Å². The van der Waals surface area contributed by atoms with Gasteiger partial charge in [0.25, 0.3) is 0 Å². The van der Waals surface area contributed by atoms with Crippen LogP contribution in [-0.4, -0.2) is 7.85 Å². The van der Waals surface area contributed by atoms with Gasteiger partial charge in [-0.2, -0.15) is 0 Å². The molecule has 0 atom stereocenters. The van der Waals surface area contributed by atoms with Crippen molar-refractivity contribution < 1.29 is 0 Å². The Labute approximate surface area is 116 Å². The van der Waals surface area contributed by atoms with Crippen LogP contribution in [0.5, 0.6) is 0 Å². The molecule has 104 valence electrons. The van der Waals surface area contributed by atoms with Crippen LogP contribution in [0.25, 0.3) is 0 Å². The van der Waals surface area contributed by atoms with E-state index < -0.39 is 0 Å². The molecule has 0 spiro atoms. The molecule has 2 fully saturated rings. The third-order valence-electron chi connectivity index (χ3n) is 5.65. The lowest BCUT2D eigenvalue weighted by atomic mass is 9.68. The molecule has 1 heteroatoms. The number of unbranched alkanes of at least 4 members (excludes halogenated alkanes) is 1. The lowest BCUT2D eigenvalue weighted by Crippen LogP contribution is -2.27. The average Bonchev–Trinajstić information content (AvgIpc) is 2.46. The molecule has 0 aliphatic heterocycles. The lowest BCUT2D eigenvalue weighted by molar-refractivity contribution is 0.132. The van der Waals surface area contributed by atoms with E-state index in [1.54, 1.807) is 32.1 Å². The molecule has 0 radical (unpaired) electrons. The van der Waals surface area contributed by atoms with Crippen LogP contribution in [0.3, 0.4) is 0 Å². The van der Waals surface area contributed by atoms with Crippen molar-refractivity contribution in [3.63, 3.8) is 0 Å². The molecule has 0 nitrogen and oxygen atoms in total. The number of rotatable bonds is 6. The molecule has 2 saturated carbocycles. The fourth-order valence-electron chi connectivity index (χ4n) is 4.61. The second kappa shape index (κ2) is 8.28. The van der Waals surface area contributed by atoms with Crippen molar-refractivity contribution >= 4 is 7.85 Å². The summed E-state index contributed by atoms with van der Waals surface area (Å²) < 4.78 is 0. The minimum absolute atomic E-state index is 1.11. The first-order valence-corrected chi connectivity index (χ1v) is 8.92. The summed E-state index contributed by atoms with van der Waals surface area (Å²) in [6.07, 6.45) is 21.3. The predicted octanol–water partition coefficient (Wildman–Crippen LogP) is 4.98. The molecule has 2 aliphatic rings. The van der Waals surface area contributed by atoms with Gasteiger partial charge in [-0.25, -0.2) is 0 Å². The second-order valence-electron chi connectivity index (χ2n) is 6.96. The van der Waals surface area contributed by atoms with Gasteiger partial charge in [0, 0.05) is 0 Å². The van der Waals surface area contributed by atoms with Crippen LogP contribution in [0.4, 0.5) is 0 Å². The molecule has 2 aliphatic carbocycles. The van der Waals surface area contributed by atoms with Crippen molar-refractivity contribution in [1.82, 2.24) is 0 Å². The highest BCUT2D eigenvalue weighted by Crippen LogP contribution is 2.42. The van der Waals surface area contributed by atoms with Crippen molar-refractivity contribution in [2.75, 3.05) is 0 Å². The van der Waals surface area contributed by atoms with Crippen LogP contribution >= 0.6 is 0 Å². The SMILES string of the molecule is BCCCCC(C1CCCCC1)C1CCCCC1. The Balaban J connectivity index is 1.87. The zero-order valence-corrected chi connectivity index (χ0v) is 12.6. The van der Waals surface area contributed by atoms with Gasteiger partial charge in [-0.1, -0.05) is 83.4 Å². The highest BCUT2D eigenvalue weighted by molar-refractivity contribution is 6.08. The van der Waals surface area contributed by atoms with Crippen LogP contribution in [0.2, 0.25) is 6.32 Å². The minimum atomic E-state index is 1.11. The maximum absolute atomic E-state index is 2.34. The Morgan fingerprint density at radius 3 is 1.67 bits per heavy atom. The summed E-state index contributed by atoms with van der Waals surface area (Å²) in [6, 6.07) is 0. The van der Waals surface area contributed by atoms with Gasteiger partial charge in [0.2, 0.25) is 0 Å². The molecular weight excluding hydrogens is 215 g/mol. The quantitative estimate of drug-likeness (QED) is 0.459. The van der Waals surface area contributed by atoms with Crippen molar-refractivity contribution in [3.05, 3.63) is 0 Å². The van der Waals surface area contributed by atoms with Crippen molar-refractivity contribution in [2.45, 2.75) is 89.8 Å². The number of hydrogen-bond donors (Lipinski definition) is 0. The molecule has 0 N–H and O–H groups in total. The molecule has 0 unspecified atom stereocenters. The molecule has 0 aromatic rings. The van der Waals surface area contributed by atoms with E-state index in [1.165, 1.54) is 57.7 Å². The standard InChI is InChI=1S/C17H33B/c18-14-8-7-13-17(15-9-3-1-4-10-15)16-11-5-2-6-12-16/h15-17H,1-14,18H2. The first-order valence-electron chi connectivity index (χ1n) is 8.92. The van der Waals surface area contributed by atoms with Gasteiger partial charge in [0.1, 0.15) is 7.85 Å². The monoisotopic (exact) mass is 248 g/mol. The Morgan fingerprint density at radius 2 is 1.22 bits per heavy atom. The largest absolute Gasteiger partial charge is 0.101 e. The van der Waals surface area contributed by atoms with Gasteiger partial charge in [-0.3, -0.25) is 0 Å². The van der Waals surface area contributed by atoms with Gasteiger partial charge < -0.3 is 0 Å². The molecule has 0 bridgehead atoms. The zero-order valence-electron chi connectivity index (χ0n) is 12.6. The first-order chi connectivity index (χ1) is 8.92. The normalized spacial score (nSPS) is 23.6. The van der Waals surface area contributed by atoms with E-state index in [9.17, 15) is 0 Å². The van der Waals surface area contributed by atoms with E-state index >= 15 is 0 Å². The zero-order chi connectivity index (χ0) is 12.6. The van der Waals surface area contributed by atoms with Crippen LogP contribution < -0.4 is 0 Å². The lowest BCUT2D eigenvalue weighted by Gasteiger charge is -2.38. The fourth-order valence-corrected chi connectivity index (χ4v) is 4.61. The Kier molecular flexibility index (Phi) is 6.66. The summed E-state index contributed by atoms with van der Waals surface area (Å²) in [5, 5.41) is 0. The Hall–Kier alpha value is 0.0649. The van der Waals surface area contributed by atoms with E-state index in [-0.39, 0.29) is 0 Å². The highest BCUT2D eigenvalue weighted by atomic mass is 14.4. The van der Waals surface area contributed by atoms with Crippen molar-refractivity contribution in [2.24, 2.45) is 17.8 Å². The predicted molar refractivity (Wildman–Crippen MR) is 83.8 cm³/mol. The smallest absolute Gasteiger partial charge is 0.0811 e. The van der Waals surface area contributed by atoms with Crippen LogP contribution in [0.15, 0.2) is 0 Å². The van der Waals surface area contributed by atoms with Crippen LogP contribution in [0.1, 0.15) is 83.5 Å². The van der Waals surface area contributed by atoms with E-state index in [0.717, 1.165) is 17.8 Å². The third-order valence-corrected chi connectivity index (χ3v) is 5.65. The van der Waals surface area contributed by atoms with Gasteiger partial charge in [-0.15, -0.1) is 0 Å². The van der Waals surface area contributed by atoms with Crippen molar-refractivity contribution in [1.29, 1.82) is 0 Å². The summed E-state index contributed by atoms with van der Waals surface area (Å²) in [6.45, 7) is 0. The summed E-state index contributed by atoms with van der Waals surface area (Å²) >= 11 is 0. The molecule has 18 heavy (non-hydrogen) atoms. The minimum Gasteiger partial charge on any atom is -0.0811 e. The third kappa shape index (κ3) is 4.32. The van der Waals surface area contributed by atoms with Gasteiger partial charge >= 0.3 is 0 Å². The topological polar surface area (TPSA) is 0 Å². The molecule has 0 aromatic carbocycles. The van der Waals surface area contributed by atoms with Crippen LogP contribution in [-0.2, 0) is 0 Å². The average molecular weight is 248 g/mol. The van der Waals surface area contributed by atoms with Crippen LogP contribution in [0, 0.1) is 17.8 Å².